The summed E-state index contributed by atoms with van der Waals surface area (Å²) >= 11 is 0. The molecule has 0 aliphatic carbocycles. The van der Waals surface area contributed by atoms with E-state index in [1.807, 2.05) is 13.8 Å². The van der Waals surface area contributed by atoms with Gasteiger partial charge in [0.25, 0.3) is 11.8 Å². The predicted octanol–water partition coefficient (Wildman–Crippen LogP) is 2.48. The first-order valence-corrected chi connectivity index (χ1v) is 11.7. The summed E-state index contributed by atoms with van der Waals surface area (Å²) in [5.41, 5.74) is 6.59. The number of carbonyl (C=O) groups is 4. The minimum Gasteiger partial charge on any atom is -0.384 e. The largest absolute Gasteiger partial charge is 0.384 e. The summed E-state index contributed by atoms with van der Waals surface area (Å²) in [6.07, 6.45) is 1.70. The van der Waals surface area contributed by atoms with Gasteiger partial charge in [-0.3, -0.25) is 29.9 Å². The highest BCUT2D eigenvalue weighted by molar-refractivity contribution is 6.07. The molecule has 1 saturated heterocycles. The number of nitrogens with two attached hydrogens (primary N) is 1. The lowest BCUT2D eigenvalue weighted by Crippen LogP contribution is -2.56. The monoisotopic (exact) mass is 513 g/mol. The second kappa shape index (κ2) is 12.8. The molecule has 1 aliphatic heterocycles. The Balaban J connectivity index is 0.00000456. The lowest BCUT2D eigenvalue weighted by Gasteiger charge is -2.31. The summed E-state index contributed by atoms with van der Waals surface area (Å²) in [5.74, 6) is -2.12. The third-order valence-electron chi connectivity index (χ3n) is 6.33. The fourth-order valence-corrected chi connectivity index (χ4v) is 4.05. The van der Waals surface area contributed by atoms with Gasteiger partial charge in [-0.05, 0) is 43.0 Å². The zero-order valence-electron chi connectivity index (χ0n) is 20.3. The molecule has 1 aliphatic rings. The van der Waals surface area contributed by atoms with Crippen LogP contribution in [0.15, 0.2) is 54.6 Å². The van der Waals surface area contributed by atoms with Crippen LogP contribution in [0.2, 0.25) is 0 Å². The molecule has 5 N–H and O–H groups in total. The molecule has 1 fully saturated rings. The molecule has 36 heavy (non-hydrogen) atoms. The number of rotatable bonds is 8. The third-order valence-corrected chi connectivity index (χ3v) is 6.33. The van der Waals surface area contributed by atoms with Crippen LogP contribution < -0.4 is 16.4 Å². The number of benzene rings is 2. The number of imide groups is 1. The van der Waals surface area contributed by atoms with E-state index in [0.717, 1.165) is 0 Å². The van der Waals surface area contributed by atoms with E-state index in [0.29, 0.717) is 36.9 Å². The van der Waals surface area contributed by atoms with Gasteiger partial charge in [0.1, 0.15) is 17.9 Å². The number of halogens is 1. The topological polar surface area (TPSA) is 145 Å². The summed E-state index contributed by atoms with van der Waals surface area (Å²) in [6.45, 7) is 4.18. The van der Waals surface area contributed by atoms with E-state index in [1.165, 1.54) is 29.2 Å². The van der Waals surface area contributed by atoms with Crippen LogP contribution in [0.1, 0.15) is 59.4 Å². The maximum Gasteiger partial charge on any atom is 0.257 e. The van der Waals surface area contributed by atoms with Gasteiger partial charge in [-0.2, -0.15) is 0 Å². The lowest BCUT2D eigenvalue weighted by molar-refractivity contribution is -0.140. The van der Waals surface area contributed by atoms with Gasteiger partial charge in [0.15, 0.2) is 0 Å². The summed E-state index contributed by atoms with van der Waals surface area (Å²) in [7, 11) is 0. The van der Waals surface area contributed by atoms with E-state index in [4.69, 9.17) is 11.1 Å². The second-order valence-corrected chi connectivity index (χ2v) is 8.70. The highest BCUT2D eigenvalue weighted by atomic mass is 35.5. The molecule has 2 aromatic rings. The summed E-state index contributed by atoms with van der Waals surface area (Å²) in [5, 5.41) is 12.7. The molecule has 0 aromatic heterocycles. The molecular formula is C26H32ClN5O4. The quantitative estimate of drug-likeness (QED) is 0.243. The summed E-state index contributed by atoms with van der Waals surface area (Å²) < 4.78 is 0. The van der Waals surface area contributed by atoms with Gasteiger partial charge in [-0.1, -0.05) is 50.6 Å². The molecule has 0 bridgehead atoms. The molecule has 0 saturated carbocycles. The third kappa shape index (κ3) is 6.69. The molecule has 3 rings (SSSR count). The number of hydrogen-bond acceptors (Lipinski definition) is 5. The SMILES string of the molecule is CC[C@@H](C)[C@@H](NC(=O)c1ccccc1)C(=O)N1CCC[C@H]1C(=O)NC(=O)c1ccc(C(=N)N)cc1.Cl. The van der Waals surface area contributed by atoms with Crippen molar-refractivity contribution in [3.63, 3.8) is 0 Å². The van der Waals surface area contributed by atoms with Crippen LogP contribution in [0, 0.1) is 11.3 Å². The highest BCUT2D eigenvalue weighted by Crippen LogP contribution is 2.22. The van der Waals surface area contributed by atoms with Crippen molar-refractivity contribution >= 4 is 41.9 Å². The van der Waals surface area contributed by atoms with Crippen molar-refractivity contribution < 1.29 is 19.2 Å². The smallest absolute Gasteiger partial charge is 0.257 e. The van der Waals surface area contributed by atoms with Crippen LogP contribution >= 0.6 is 12.4 Å². The van der Waals surface area contributed by atoms with Crippen LogP contribution in [-0.4, -0.2) is 53.0 Å². The zero-order chi connectivity index (χ0) is 25.5. The average molecular weight is 514 g/mol. The number of nitrogens with zero attached hydrogens (tertiary/aromatic N) is 1. The Morgan fingerprint density at radius 2 is 1.58 bits per heavy atom. The minimum atomic E-state index is -0.803. The molecule has 3 atom stereocenters. The van der Waals surface area contributed by atoms with Gasteiger partial charge in [0, 0.05) is 23.2 Å². The lowest BCUT2D eigenvalue weighted by atomic mass is 9.97. The first-order chi connectivity index (χ1) is 16.7. The molecule has 1 heterocycles. The Morgan fingerprint density at radius 3 is 2.17 bits per heavy atom. The van der Waals surface area contributed by atoms with Crippen LogP contribution in [-0.2, 0) is 9.59 Å². The summed E-state index contributed by atoms with van der Waals surface area (Å²) in [4.78, 5) is 53.3. The van der Waals surface area contributed by atoms with Gasteiger partial charge in [0.2, 0.25) is 11.8 Å². The molecule has 10 heteroatoms. The molecular weight excluding hydrogens is 482 g/mol. The van der Waals surface area contributed by atoms with Crippen molar-refractivity contribution in [1.82, 2.24) is 15.5 Å². The molecule has 2 aromatic carbocycles. The number of amides is 4. The standard InChI is InChI=1S/C26H31N5O4.ClH/c1-3-16(2)21(29-23(32)18-8-5-4-6-9-18)26(35)31-15-7-10-20(31)25(34)30-24(33)19-13-11-17(12-14-19)22(27)28;/h4-6,8-9,11-14,16,20-21H,3,7,10,15H2,1-2H3,(H3,27,28)(H,29,32)(H,30,33,34);1H/t16-,20+,21-;/m1./s1. The molecule has 9 nitrogen and oxygen atoms in total. The van der Waals surface area contributed by atoms with Crippen molar-refractivity contribution in [2.24, 2.45) is 11.7 Å². The Kier molecular flexibility index (Phi) is 10.2. The highest BCUT2D eigenvalue weighted by Gasteiger charge is 2.39. The van der Waals surface area contributed by atoms with Crippen LogP contribution in [0.3, 0.4) is 0 Å². The molecule has 0 radical (unpaired) electrons. The average Bonchev–Trinajstić information content (AvgIpc) is 3.37. The maximum atomic E-state index is 13.5. The predicted molar refractivity (Wildman–Crippen MR) is 139 cm³/mol. The molecule has 192 valence electrons. The van der Waals surface area contributed by atoms with Gasteiger partial charge in [-0.15, -0.1) is 12.4 Å². The second-order valence-electron chi connectivity index (χ2n) is 8.70. The number of likely N-dealkylation sites (tertiary alicyclic amines) is 1. The first-order valence-electron chi connectivity index (χ1n) is 11.7. The Bertz CT molecular complexity index is 1110. The van der Waals surface area contributed by atoms with Crippen molar-refractivity contribution in [2.75, 3.05) is 6.54 Å². The van der Waals surface area contributed by atoms with E-state index in [9.17, 15) is 19.2 Å². The Morgan fingerprint density at radius 1 is 1.00 bits per heavy atom. The molecule has 4 amide bonds. The van der Waals surface area contributed by atoms with Crippen molar-refractivity contribution in [1.29, 1.82) is 5.41 Å². The fraction of sp³-hybridized carbons (Fsp3) is 0.346. The first kappa shape index (κ1) is 28.5. The van der Waals surface area contributed by atoms with Crippen LogP contribution in [0.5, 0.6) is 0 Å². The zero-order valence-corrected chi connectivity index (χ0v) is 21.1. The number of hydrogen-bond donors (Lipinski definition) is 4. The van der Waals surface area contributed by atoms with E-state index in [1.54, 1.807) is 30.3 Å². The van der Waals surface area contributed by atoms with Gasteiger partial charge < -0.3 is 16.0 Å². The molecule has 0 unspecified atom stereocenters. The Labute approximate surface area is 216 Å². The number of amidine groups is 1. The van der Waals surface area contributed by atoms with Gasteiger partial charge in [-0.25, -0.2) is 0 Å². The van der Waals surface area contributed by atoms with Crippen LogP contribution in [0.25, 0.3) is 0 Å². The van der Waals surface area contributed by atoms with Gasteiger partial charge in [0.05, 0.1) is 0 Å². The fourth-order valence-electron chi connectivity index (χ4n) is 4.05. The van der Waals surface area contributed by atoms with Crippen molar-refractivity contribution in [3.8, 4) is 0 Å². The number of nitrogens with one attached hydrogen (secondary N) is 3. The summed E-state index contributed by atoms with van der Waals surface area (Å²) in [6, 6.07) is 13.1. The van der Waals surface area contributed by atoms with E-state index in [2.05, 4.69) is 10.6 Å². The van der Waals surface area contributed by atoms with E-state index < -0.39 is 23.9 Å². The minimum absolute atomic E-state index is 0. The van der Waals surface area contributed by atoms with Crippen molar-refractivity contribution in [3.05, 3.63) is 71.3 Å². The van der Waals surface area contributed by atoms with Crippen LogP contribution in [0.4, 0.5) is 0 Å². The normalized spacial score (nSPS) is 16.3. The number of carbonyl (C=O) groups excluding carboxylic acids is 4. The van der Waals surface area contributed by atoms with E-state index in [-0.39, 0.29) is 41.5 Å². The van der Waals surface area contributed by atoms with Crippen molar-refractivity contribution in [2.45, 2.75) is 45.2 Å². The maximum absolute atomic E-state index is 13.5. The Hall–Kier alpha value is -3.72. The molecule has 0 spiro atoms. The number of nitrogen functional groups attached to an aromatic ring is 1. The van der Waals surface area contributed by atoms with E-state index >= 15 is 0 Å². The van der Waals surface area contributed by atoms with Gasteiger partial charge >= 0.3 is 0 Å².